The Morgan fingerprint density at radius 3 is 1.91 bits per heavy atom. The van der Waals surface area contributed by atoms with Gasteiger partial charge in [0.25, 0.3) is 0 Å². The van der Waals surface area contributed by atoms with Crippen LogP contribution >= 0.6 is 0 Å². The van der Waals surface area contributed by atoms with Crippen LogP contribution in [0.4, 0.5) is 0 Å². The maximum atomic E-state index is 6.06. The van der Waals surface area contributed by atoms with Gasteiger partial charge in [0, 0.05) is 11.5 Å². The number of rotatable bonds is 2. The van der Waals surface area contributed by atoms with Crippen molar-refractivity contribution in [3.05, 3.63) is 29.8 Å². The van der Waals surface area contributed by atoms with E-state index in [0.29, 0.717) is 5.92 Å². The third kappa shape index (κ3) is 2.95. The standard InChI is InChI=1S/C17H25BO4/c1-12-10-19-15(20-11-12)13-6-8-14(9-7-13)18-21-16(2,3)17(4,5)22-18/h6-9,12,15H,10-11H2,1-5H3. The van der Waals surface area contributed by atoms with E-state index in [4.69, 9.17) is 18.8 Å². The van der Waals surface area contributed by atoms with Crippen molar-refractivity contribution in [1.29, 1.82) is 0 Å². The molecule has 0 amide bonds. The van der Waals surface area contributed by atoms with Crippen molar-refractivity contribution in [2.45, 2.75) is 52.1 Å². The van der Waals surface area contributed by atoms with Crippen LogP contribution in [-0.2, 0) is 18.8 Å². The minimum Gasteiger partial charge on any atom is -0.399 e. The Labute approximate surface area is 133 Å². The largest absolute Gasteiger partial charge is 0.494 e. The number of hydrogen-bond donors (Lipinski definition) is 0. The first kappa shape index (κ1) is 16.0. The lowest BCUT2D eigenvalue weighted by molar-refractivity contribution is -0.202. The summed E-state index contributed by atoms with van der Waals surface area (Å²) in [7, 11) is -0.327. The summed E-state index contributed by atoms with van der Waals surface area (Å²) in [5, 5.41) is 0. The smallest absolute Gasteiger partial charge is 0.399 e. The van der Waals surface area contributed by atoms with E-state index >= 15 is 0 Å². The summed E-state index contributed by atoms with van der Waals surface area (Å²) in [5.74, 6) is 0.459. The molecular formula is C17H25BO4. The zero-order chi connectivity index (χ0) is 16.0. The van der Waals surface area contributed by atoms with Gasteiger partial charge in [0.2, 0.25) is 0 Å². The Bertz CT molecular complexity index is 502. The third-order valence-electron chi connectivity index (χ3n) is 4.80. The van der Waals surface area contributed by atoms with E-state index in [9.17, 15) is 0 Å². The maximum Gasteiger partial charge on any atom is 0.494 e. The molecule has 5 heteroatoms. The zero-order valence-electron chi connectivity index (χ0n) is 14.1. The highest BCUT2D eigenvalue weighted by Crippen LogP contribution is 2.36. The van der Waals surface area contributed by atoms with E-state index in [0.717, 1.165) is 24.2 Å². The second kappa shape index (κ2) is 5.64. The summed E-state index contributed by atoms with van der Waals surface area (Å²) in [6.07, 6.45) is -0.261. The Kier molecular flexibility index (Phi) is 4.10. The van der Waals surface area contributed by atoms with Gasteiger partial charge in [-0.2, -0.15) is 0 Å². The molecule has 2 heterocycles. The Morgan fingerprint density at radius 1 is 0.909 bits per heavy atom. The topological polar surface area (TPSA) is 36.9 Å². The van der Waals surface area contributed by atoms with E-state index in [1.165, 1.54) is 0 Å². The highest BCUT2D eigenvalue weighted by Gasteiger charge is 2.51. The summed E-state index contributed by atoms with van der Waals surface area (Å²) in [6, 6.07) is 8.12. The van der Waals surface area contributed by atoms with E-state index < -0.39 is 0 Å². The number of hydrogen-bond acceptors (Lipinski definition) is 4. The minimum atomic E-state index is -0.327. The summed E-state index contributed by atoms with van der Waals surface area (Å²) >= 11 is 0. The minimum absolute atomic E-state index is 0.261. The maximum absolute atomic E-state index is 6.06. The first-order valence-corrected chi connectivity index (χ1v) is 7.97. The lowest BCUT2D eigenvalue weighted by Gasteiger charge is -2.32. The molecule has 120 valence electrons. The Hall–Kier alpha value is -0.875. The fourth-order valence-corrected chi connectivity index (χ4v) is 2.58. The molecule has 0 bridgehead atoms. The van der Waals surface area contributed by atoms with Crippen molar-refractivity contribution in [3.63, 3.8) is 0 Å². The molecule has 0 N–H and O–H groups in total. The third-order valence-corrected chi connectivity index (χ3v) is 4.80. The van der Waals surface area contributed by atoms with Gasteiger partial charge in [-0.05, 0) is 33.2 Å². The molecule has 0 radical (unpaired) electrons. The van der Waals surface area contributed by atoms with Gasteiger partial charge in [-0.1, -0.05) is 31.2 Å². The van der Waals surface area contributed by atoms with Crippen LogP contribution in [0.5, 0.6) is 0 Å². The molecule has 2 aliphatic rings. The Morgan fingerprint density at radius 2 is 1.41 bits per heavy atom. The van der Waals surface area contributed by atoms with E-state index in [-0.39, 0.29) is 24.6 Å². The van der Waals surface area contributed by atoms with Crippen molar-refractivity contribution in [2.24, 2.45) is 5.92 Å². The molecule has 2 fully saturated rings. The van der Waals surface area contributed by atoms with Gasteiger partial charge < -0.3 is 18.8 Å². The monoisotopic (exact) mass is 304 g/mol. The Balaban J connectivity index is 1.70. The van der Waals surface area contributed by atoms with Crippen molar-refractivity contribution in [1.82, 2.24) is 0 Å². The molecule has 0 unspecified atom stereocenters. The van der Waals surface area contributed by atoms with Crippen LogP contribution < -0.4 is 5.46 Å². The molecule has 2 saturated heterocycles. The normalized spacial score (nSPS) is 30.5. The van der Waals surface area contributed by atoms with Crippen LogP contribution in [0.25, 0.3) is 0 Å². The van der Waals surface area contributed by atoms with Crippen molar-refractivity contribution in [3.8, 4) is 0 Å². The van der Waals surface area contributed by atoms with E-state index in [1.807, 2.05) is 24.3 Å². The summed E-state index contributed by atoms with van der Waals surface area (Å²) in [6.45, 7) is 11.8. The fraction of sp³-hybridized carbons (Fsp3) is 0.647. The first-order valence-electron chi connectivity index (χ1n) is 7.97. The summed E-state index contributed by atoms with van der Waals surface area (Å²) in [5.41, 5.74) is 1.42. The van der Waals surface area contributed by atoms with Crippen LogP contribution in [0.3, 0.4) is 0 Å². The zero-order valence-corrected chi connectivity index (χ0v) is 14.1. The molecule has 0 aliphatic carbocycles. The number of ether oxygens (including phenoxy) is 2. The molecule has 0 atom stereocenters. The molecule has 0 saturated carbocycles. The highest BCUT2D eigenvalue weighted by atomic mass is 16.7. The highest BCUT2D eigenvalue weighted by molar-refractivity contribution is 6.62. The quantitative estimate of drug-likeness (QED) is 0.787. The van der Waals surface area contributed by atoms with Gasteiger partial charge in [0.1, 0.15) is 0 Å². The lowest BCUT2D eigenvalue weighted by atomic mass is 9.79. The average Bonchev–Trinajstić information content (AvgIpc) is 2.68. The SMILES string of the molecule is CC1COC(c2ccc(B3OC(C)(C)C(C)(C)O3)cc2)OC1. The lowest BCUT2D eigenvalue weighted by Crippen LogP contribution is -2.41. The van der Waals surface area contributed by atoms with Crippen LogP contribution in [0.1, 0.15) is 46.5 Å². The van der Waals surface area contributed by atoms with Crippen LogP contribution in [0, 0.1) is 5.92 Å². The predicted molar refractivity (Wildman–Crippen MR) is 86.0 cm³/mol. The van der Waals surface area contributed by atoms with Gasteiger partial charge in [0.15, 0.2) is 6.29 Å². The predicted octanol–water partition coefficient (Wildman–Crippen LogP) is 2.67. The van der Waals surface area contributed by atoms with Crippen molar-refractivity contribution >= 4 is 12.6 Å². The van der Waals surface area contributed by atoms with Crippen molar-refractivity contribution < 1.29 is 18.8 Å². The van der Waals surface area contributed by atoms with Crippen molar-refractivity contribution in [2.75, 3.05) is 13.2 Å². The fourth-order valence-electron chi connectivity index (χ4n) is 2.58. The van der Waals surface area contributed by atoms with Gasteiger partial charge in [-0.25, -0.2) is 0 Å². The molecule has 1 aromatic carbocycles. The second-order valence-corrected chi connectivity index (χ2v) is 7.36. The summed E-state index contributed by atoms with van der Waals surface area (Å²) in [4.78, 5) is 0. The van der Waals surface area contributed by atoms with Crippen LogP contribution in [0.2, 0.25) is 0 Å². The molecule has 0 spiro atoms. The van der Waals surface area contributed by atoms with E-state index in [2.05, 4.69) is 34.6 Å². The van der Waals surface area contributed by atoms with Gasteiger partial charge in [0.05, 0.1) is 24.4 Å². The first-order chi connectivity index (χ1) is 10.3. The summed E-state index contributed by atoms with van der Waals surface area (Å²) < 4.78 is 23.6. The number of benzene rings is 1. The van der Waals surface area contributed by atoms with E-state index in [1.54, 1.807) is 0 Å². The van der Waals surface area contributed by atoms with Gasteiger partial charge >= 0.3 is 7.12 Å². The second-order valence-electron chi connectivity index (χ2n) is 7.36. The van der Waals surface area contributed by atoms with Gasteiger partial charge in [-0.3, -0.25) is 0 Å². The molecule has 3 rings (SSSR count). The molecule has 1 aromatic rings. The molecule has 22 heavy (non-hydrogen) atoms. The van der Waals surface area contributed by atoms with Crippen LogP contribution in [-0.4, -0.2) is 31.5 Å². The molecular weight excluding hydrogens is 279 g/mol. The molecule has 2 aliphatic heterocycles. The average molecular weight is 304 g/mol. The van der Waals surface area contributed by atoms with Crippen LogP contribution in [0.15, 0.2) is 24.3 Å². The molecule has 4 nitrogen and oxygen atoms in total. The molecule has 0 aromatic heterocycles. The van der Waals surface area contributed by atoms with Gasteiger partial charge in [-0.15, -0.1) is 0 Å².